The van der Waals surface area contributed by atoms with Crippen molar-refractivity contribution < 1.29 is 9.53 Å². The first-order valence-corrected chi connectivity index (χ1v) is 7.35. The van der Waals surface area contributed by atoms with Crippen LogP contribution in [0.2, 0.25) is 0 Å². The van der Waals surface area contributed by atoms with Crippen molar-refractivity contribution in [2.75, 3.05) is 12.4 Å². The minimum Gasteiger partial charge on any atom is -0.465 e. The van der Waals surface area contributed by atoms with Crippen LogP contribution in [-0.2, 0) is 16.6 Å². The molecule has 1 aromatic carbocycles. The monoisotopic (exact) mass is 291 g/mol. The minimum atomic E-state index is -0.239. The summed E-state index contributed by atoms with van der Waals surface area (Å²) in [6, 6.07) is 8.10. The Labute approximate surface area is 122 Å². The number of ether oxygens (including phenoxy) is 1. The number of aryl methyl sites for hydroxylation is 1. The van der Waals surface area contributed by atoms with Gasteiger partial charge >= 0.3 is 5.97 Å². The van der Waals surface area contributed by atoms with Crippen molar-refractivity contribution in [3.05, 3.63) is 29.8 Å². The smallest absolute Gasteiger partial charge is 0.316 e. The van der Waals surface area contributed by atoms with Gasteiger partial charge in [0.05, 0.1) is 12.4 Å². The Morgan fingerprint density at radius 1 is 1.30 bits per heavy atom. The summed E-state index contributed by atoms with van der Waals surface area (Å²) in [4.78, 5) is 11.3. The van der Waals surface area contributed by atoms with Crippen LogP contribution >= 0.6 is 11.8 Å². The first-order valence-electron chi connectivity index (χ1n) is 6.36. The maximum Gasteiger partial charge on any atom is 0.316 e. The summed E-state index contributed by atoms with van der Waals surface area (Å²) < 4.78 is 6.77. The van der Waals surface area contributed by atoms with Crippen LogP contribution in [-0.4, -0.2) is 33.1 Å². The third-order valence-electron chi connectivity index (χ3n) is 2.77. The number of aromatic nitrogens is 3. The molecule has 0 aliphatic carbocycles. The van der Waals surface area contributed by atoms with E-state index in [0.29, 0.717) is 11.8 Å². The zero-order valence-corrected chi connectivity index (χ0v) is 12.6. The third kappa shape index (κ3) is 3.39. The predicted octanol–water partition coefficient (Wildman–Crippen LogP) is 2.45. The molecular formula is C14H17N3O2S. The van der Waals surface area contributed by atoms with Gasteiger partial charge in [0.25, 0.3) is 0 Å². The molecule has 6 heteroatoms. The van der Waals surface area contributed by atoms with Crippen LogP contribution in [0.5, 0.6) is 0 Å². The molecule has 0 saturated carbocycles. The second kappa shape index (κ2) is 6.56. The number of carbonyl (C=O) groups is 1. The van der Waals surface area contributed by atoms with Crippen LogP contribution in [0.15, 0.2) is 29.4 Å². The van der Waals surface area contributed by atoms with Crippen LogP contribution in [0.3, 0.4) is 0 Å². The number of benzene rings is 1. The topological polar surface area (TPSA) is 57.0 Å². The van der Waals surface area contributed by atoms with Gasteiger partial charge in [-0.3, -0.25) is 4.79 Å². The molecule has 20 heavy (non-hydrogen) atoms. The van der Waals surface area contributed by atoms with Gasteiger partial charge in [-0.25, -0.2) is 0 Å². The highest BCUT2D eigenvalue weighted by Gasteiger charge is 2.13. The molecule has 0 aliphatic rings. The quantitative estimate of drug-likeness (QED) is 0.625. The fourth-order valence-corrected chi connectivity index (χ4v) is 2.43. The lowest BCUT2D eigenvalue weighted by atomic mass is 10.1. The zero-order chi connectivity index (χ0) is 14.5. The predicted molar refractivity (Wildman–Crippen MR) is 78.5 cm³/mol. The van der Waals surface area contributed by atoms with Crippen molar-refractivity contribution in [3.63, 3.8) is 0 Å². The Bertz CT molecular complexity index is 593. The van der Waals surface area contributed by atoms with E-state index in [1.54, 1.807) is 6.92 Å². The average molecular weight is 291 g/mol. The number of rotatable bonds is 5. The first-order chi connectivity index (χ1) is 9.61. The number of esters is 1. The van der Waals surface area contributed by atoms with Gasteiger partial charge in [0.15, 0.2) is 11.0 Å². The third-order valence-corrected chi connectivity index (χ3v) is 3.76. The van der Waals surface area contributed by atoms with E-state index in [9.17, 15) is 4.79 Å². The van der Waals surface area contributed by atoms with Gasteiger partial charge in [0, 0.05) is 12.6 Å². The summed E-state index contributed by atoms with van der Waals surface area (Å²) in [6.45, 7) is 4.23. The lowest BCUT2D eigenvalue weighted by Crippen LogP contribution is -2.07. The highest BCUT2D eigenvalue weighted by atomic mass is 32.2. The molecule has 0 unspecified atom stereocenters. The number of thioether (sulfide) groups is 1. The van der Waals surface area contributed by atoms with Crippen molar-refractivity contribution in [1.82, 2.24) is 14.8 Å². The normalized spacial score (nSPS) is 10.6. The largest absolute Gasteiger partial charge is 0.465 e. The second-order valence-corrected chi connectivity index (χ2v) is 5.27. The summed E-state index contributed by atoms with van der Waals surface area (Å²) >= 11 is 1.33. The van der Waals surface area contributed by atoms with Crippen molar-refractivity contribution in [1.29, 1.82) is 0 Å². The molecule has 0 atom stereocenters. The molecule has 1 heterocycles. The van der Waals surface area contributed by atoms with Crippen LogP contribution in [0.1, 0.15) is 12.5 Å². The van der Waals surface area contributed by atoms with E-state index in [1.165, 1.54) is 17.3 Å². The van der Waals surface area contributed by atoms with E-state index in [4.69, 9.17) is 4.74 Å². The SMILES string of the molecule is CCOC(=O)CSc1nnc(-c2ccc(C)cc2)n1C. The lowest BCUT2D eigenvalue weighted by molar-refractivity contribution is -0.139. The summed E-state index contributed by atoms with van der Waals surface area (Å²) in [5.41, 5.74) is 2.21. The van der Waals surface area contributed by atoms with Gasteiger partial charge in [-0.1, -0.05) is 41.6 Å². The maximum atomic E-state index is 11.3. The van der Waals surface area contributed by atoms with Crippen molar-refractivity contribution in [2.24, 2.45) is 7.05 Å². The summed E-state index contributed by atoms with van der Waals surface area (Å²) in [7, 11) is 1.89. The molecule has 0 radical (unpaired) electrons. The molecule has 0 spiro atoms. The molecule has 0 amide bonds. The van der Waals surface area contributed by atoms with Crippen molar-refractivity contribution in [3.8, 4) is 11.4 Å². The van der Waals surface area contributed by atoms with E-state index in [1.807, 2.05) is 42.8 Å². The van der Waals surface area contributed by atoms with Crippen molar-refractivity contribution >= 4 is 17.7 Å². The molecule has 0 aliphatic heterocycles. The Balaban J connectivity index is 2.11. The molecule has 5 nitrogen and oxygen atoms in total. The molecule has 1 aromatic heterocycles. The summed E-state index contributed by atoms with van der Waals surface area (Å²) in [5.74, 6) is 0.794. The molecule has 106 valence electrons. The molecular weight excluding hydrogens is 274 g/mol. The molecule has 0 fully saturated rings. The second-order valence-electron chi connectivity index (χ2n) is 4.32. The number of hydrogen-bond donors (Lipinski definition) is 0. The van der Waals surface area contributed by atoms with E-state index < -0.39 is 0 Å². The van der Waals surface area contributed by atoms with E-state index in [0.717, 1.165) is 11.4 Å². The highest BCUT2D eigenvalue weighted by molar-refractivity contribution is 7.99. The summed E-state index contributed by atoms with van der Waals surface area (Å²) in [6.07, 6.45) is 0. The lowest BCUT2D eigenvalue weighted by Gasteiger charge is -2.04. The van der Waals surface area contributed by atoms with Crippen LogP contribution in [0.4, 0.5) is 0 Å². The fraction of sp³-hybridized carbons (Fsp3) is 0.357. The highest BCUT2D eigenvalue weighted by Crippen LogP contribution is 2.22. The average Bonchev–Trinajstić information content (AvgIpc) is 2.79. The van der Waals surface area contributed by atoms with E-state index in [2.05, 4.69) is 10.2 Å². The zero-order valence-electron chi connectivity index (χ0n) is 11.8. The molecule has 2 aromatic rings. The van der Waals surface area contributed by atoms with Crippen LogP contribution in [0.25, 0.3) is 11.4 Å². The van der Waals surface area contributed by atoms with Crippen LogP contribution in [0, 0.1) is 6.92 Å². The first kappa shape index (κ1) is 14.6. The van der Waals surface area contributed by atoms with Gasteiger partial charge in [0.2, 0.25) is 0 Å². The Morgan fingerprint density at radius 2 is 2.00 bits per heavy atom. The van der Waals surface area contributed by atoms with Gasteiger partial charge in [-0.05, 0) is 13.8 Å². The van der Waals surface area contributed by atoms with E-state index >= 15 is 0 Å². The Hall–Kier alpha value is -1.82. The van der Waals surface area contributed by atoms with E-state index in [-0.39, 0.29) is 11.7 Å². The van der Waals surface area contributed by atoms with Gasteiger partial charge in [-0.15, -0.1) is 10.2 Å². The summed E-state index contributed by atoms with van der Waals surface area (Å²) in [5, 5.41) is 9.00. The molecule has 0 saturated heterocycles. The van der Waals surface area contributed by atoms with Gasteiger partial charge in [-0.2, -0.15) is 0 Å². The van der Waals surface area contributed by atoms with Crippen molar-refractivity contribution in [2.45, 2.75) is 19.0 Å². The number of hydrogen-bond acceptors (Lipinski definition) is 5. The maximum absolute atomic E-state index is 11.3. The number of carbonyl (C=O) groups excluding carboxylic acids is 1. The van der Waals surface area contributed by atoms with Gasteiger partial charge < -0.3 is 9.30 Å². The Morgan fingerprint density at radius 3 is 2.65 bits per heavy atom. The number of nitrogens with zero attached hydrogens (tertiary/aromatic N) is 3. The Kier molecular flexibility index (Phi) is 4.79. The minimum absolute atomic E-state index is 0.239. The molecule has 2 rings (SSSR count). The standard InChI is InChI=1S/C14H17N3O2S/c1-4-19-12(18)9-20-14-16-15-13(17(14)3)11-7-5-10(2)6-8-11/h5-8H,4,9H2,1-3H3. The molecule has 0 bridgehead atoms. The van der Waals surface area contributed by atoms with Gasteiger partial charge in [0.1, 0.15) is 0 Å². The molecule has 0 N–H and O–H groups in total. The fourth-order valence-electron chi connectivity index (χ4n) is 1.72. The van der Waals surface area contributed by atoms with Crippen LogP contribution < -0.4 is 0 Å².